The van der Waals surface area contributed by atoms with Crippen LogP contribution in [0.2, 0.25) is 0 Å². The van der Waals surface area contributed by atoms with Crippen LogP contribution in [0.3, 0.4) is 0 Å². The second-order valence-corrected chi connectivity index (χ2v) is 11.6. The molecule has 1 saturated carbocycles. The predicted molar refractivity (Wildman–Crippen MR) is 142 cm³/mol. The van der Waals surface area contributed by atoms with Crippen molar-refractivity contribution in [3.8, 4) is 5.75 Å². The predicted octanol–water partition coefficient (Wildman–Crippen LogP) is 4.50. The van der Waals surface area contributed by atoms with Crippen LogP contribution < -0.4 is 10.1 Å². The molecular formula is C28H34F3N3O3S. The van der Waals surface area contributed by atoms with Crippen LogP contribution in [0.25, 0.3) is 10.9 Å². The average Bonchev–Trinajstić information content (AvgIpc) is 3.53. The fraction of sp³-hybridized carbons (Fsp3) is 0.500. The van der Waals surface area contributed by atoms with Crippen molar-refractivity contribution in [2.24, 2.45) is 5.41 Å². The third-order valence-electron chi connectivity index (χ3n) is 7.85. The second kappa shape index (κ2) is 11.3. The summed E-state index contributed by atoms with van der Waals surface area (Å²) in [6.45, 7) is 3.09. The number of fused-ring (bicyclic) bond motifs is 3. The van der Waals surface area contributed by atoms with Gasteiger partial charge in [0.15, 0.2) is 11.6 Å². The molecule has 0 bridgehead atoms. The maximum Gasteiger partial charge on any atom is 0.173 e. The molecule has 1 aromatic heterocycles. The van der Waals surface area contributed by atoms with Crippen molar-refractivity contribution >= 4 is 21.6 Å². The third-order valence-corrected chi connectivity index (χ3v) is 8.77. The number of H-pyrrole nitrogens is 1. The smallest absolute Gasteiger partial charge is 0.173 e. The van der Waals surface area contributed by atoms with E-state index in [1.807, 2.05) is 31.2 Å². The number of aromatic nitrogens is 1. The molecule has 0 radical (unpaired) electrons. The van der Waals surface area contributed by atoms with Crippen LogP contribution >= 0.6 is 0 Å². The van der Waals surface area contributed by atoms with Crippen molar-refractivity contribution in [1.29, 1.82) is 0 Å². The first-order valence-electron chi connectivity index (χ1n) is 13.2. The Hall–Kier alpha value is -2.56. The number of rotatable bonds is 12. The van der Waals surface area contributed by atoms with Gasteiger partial charge in [0.05, 0.1) is 24.0 Å². The second-order valence-electron chi connectivity index (χ2n) is 10.6. The van der Waals surface area contributed by atoms with Gasteiger partial charge in [0.25, 0.3) is 0 Å². The van der Waals surface area contributed by atoms with E-state index in [-0.39, 0.29) is 29.7 Å². The molecule has 2 aromatic carbocycles. The van der Waals surface area contributed by atoms with Crippen LogP contribution in [0, 0.1) is 17.0 Å². The van der Waals surface area contributed by atoms with Crippen molar-refractivity contribution in [2.45, 2.75) is 44.7 Å². The Morgan fingerprint density at radius 2 is 1.95 bits per heavy atom. The number of alkyl halides is 1. The molecule has 206 valence electrons. The van der Waals surface area contributed by atoms with Gasteiger partial charge in [-0.15, -0.1) is 0 Å². The molecule has 1 aliphatic carbocycles. The van der Waals surface area contributed by atoms with E-state index in [1.165, 1.54) is 12.1 Å². The zero-order chi connectivity index (χ0) is 26.9. The number of hydrogen-bond acceptors (Lipinski definition) is 5. The first kappa shape index (κ1) is 27.0. The molecule has 2 atom stereocenters. The molecule has 10 heteroatoms. The fourth-order valence-electron chi connectivity index (χ4n) is 5.73. The van der Waals surface area contributed by atoms with Crippen molar-refractivity contribution in [1.82, 2.24) is 15.2 Å². The molecule has 3 aromatic rings. The highest BCUT2D eigenvalue weighted by molar-refractivity contribution is 7.72. The van der Waals surface area contributed by atoms with Gasteiger partial charge >= 0.3 is 0 Å². The van der Waals surface area contributed by atoms with E-state index >= 15 is 8.78 Å². The topological polar surface area (TPSA) is 74.4 Å². The molecule has 0 spiro atoms. The number of thiol groups is 1. The van der Waals surface area contributed by atoms with Crippen molar-refractivity contribution in [3.63, 3.8) is 0 Å². The SMILES string of the molecule is C[C@@H]1Cc2c([nH]c3ccccc23)[C@@H](c2c(F)ccc(OCCNCCCF)c2F)N1CC1(C[SH](=O)=O)CC1. The van der Waals surface area contributed by atoms with Crippen LogP contribution in [0.15, 0.2) is 36.4 Å². The Morgan fingerprint density at radius 3 is 2.68 bits per heavy atom. The first-order valence-corrected chi connectivity index (χ1v) is 14.5. The summed E-state index contributed by atoms with van der Waals surface area (Å²) in [6, 6.07) is 9.51. The van der Waals surface area contributed by atoms with E-state index in [1.54, 1.807) is 0 Å². The lowest BCUT2D eigenvalue weighted by molar-refractivity contribution is 0.117. The molecule has 1 fully saturated rings. The van der Waals surface area contributed by atoms with Crippen molar-refractivity contribution in [3.05, 3.63) is 64.9 Å². The van der Waals surface area contributed by atoms with E-state index in [9.17, 15) is 12.8 Å². The van der Waals surface area contributed by atoms with Gasteiger partial charge in [-0.05, 0) is 68.3 Å². The van der Waals surface area contributed by atoms with Crippen LogP contribution in [-0.4, -0.2) is 63.0 Å². The molecule has 2 N–H and O–H groups in total. The monoisotopic (exact) mass is 549 g/mol. The van der Waals surface area contributed by atoms with Gasteiger partial charge in [-0.1, -0.05) is 18.2 Å². The van der Waals surface area contributed by atoms with Crippen molar-refractivity contribution in [2.75, 3.05) is 38.7 Å². The highest BCUT2D eigenvalue weighted by Crippen LogP contribution is 2.51. The number of hydrogen-bond donors (Lipinski definition) is 3. The summed E-state index contributed by atoms with van der Waals surface area (Å²) < 4.78 is 72.9. The summed E-state index contributed by atoms with van der Waals surface area (Å²) in [4.78, 5) is 5.49. The zero-order valence-electron chi connectivity index (χ0n) is 21.4. The molecular weight excluding hydrogens is 515 g/mol. The lowest BCUT2D eigenvalue weighted by atomic mass is 9.87. The van der Waals surface area contributed by atoms with E-state index < -0.39 is 40.5 Å². The lowest BCUT2D eigenvalue weighted by Crippen LogP contribution is -2.46. The van der Waals surface area contributed by atoms with Gasteiger partial charge in [0, 0.05) is 35.7 Å². The number of benzene rings is 2. The summed E-state index contributed by atoms with van der Waals surface area (Å²) in [5.74, 6) is -1.42. The normalized spacial score (nSPS) is 20.7. The van der Waals surface area contributed by atoms with Crippen LogP contribution in [0.1, 0.15) is 49.0 Å². The van der Waals surface area contributed by atoms with Gasteiger partial charge in [-0.2, -0.15) is 0 Å². The van der Waals surface area contributed by atoms with Crippen molar-refractivity contribution < 1.29 is 26.3 Å². The summed E-state index contributed by atoms with van der Waals surface area (Å²) in [6.07, 6.45) is 2.61. The summed E-state index contributed by atoms with van der Waals surface area (Å²) in [5.41, 5.74) is 2.16. The lowest BCUT2D eigenvalue weighted by Gasteiger charge is -2.43. The Bertz CT molecular complexity index is 1360. The molecule has 1 aliphatic heterocycles. The molecule has 2 aliphatic rings. The minimum absolute atomic E-state index is 0.0479. The summed E-state index contributed by atoms with van der Waals surface area (Å²) in [5, 5.41) is 4.05. The average molecular weight is 550 g/mol. The van der Waals surface area contributed by atoms with Crippen LogP contribution in [0.5, 0.6) is 5.75 Å². The molecule has 2 heterocycles. The summed E-state index contributed by atoms with van der Waals surface area (Å²) in [7, 11) is -2.56. The van der Waals surface area contributed by atoms with Crippen LogP contribution in [-0.2, 0) is 17.1 Å². The number of para-hydroxylation sites is 1. The number of nitrogens with one attached hydrogen (secondary N) is 2. The Morgan fingerprint density at radius 1 is 1.16 bits per heavy atom. The van der Waals surface area contributed by atoms with E-state index in [4.69, 9.17) is 4.74 Å². The molecule has 6 nitrogen and oxygen atoms in total. The highest BCUT2D eigenvalue weighted by Gasteiger charge is 2.49. The molecule has 5 rings (SSSR count). The first-order chi connectivity index (χ1) is 18.3. The zero-order valence-corrected chi connectivity index (χ0v) is 22.3. The molecule has 0 saturated heterocycles. The quantitative estimate of drug-likeness (QED) is 0.229. The standard InChI is InChI=1S/C28H34F3N3O3S/c1-18-15-20-19-5-2-3-6-22(19)33-26(20)27(34(18)16-28(9-10-28)17-38(35)36)24-21(30)7-8-23(25(24)31)37-14-13-32-12-4-11-29/h2-3,5-8,18,27,32-33,38H,4,9-17H2,1H3/t18-,27-/m1/s1. The summed E-state index contributed by atoms with van der Waals surface area (Å²) >= 11 is 0. The number of nitrogens with zero attached hydrogens (tertiary/aromatic N) is 1. The van der Waals surface area contributed by atoms with Gasteiger partial charge in [-0.3, -0.25) is 9.29 Å². The number of aromatic amines is 1. The molecule has 0 unspecified atom stereocenters. The maximum absolute atomic E-state index is 16.1. The third kappa shape index (κ3) is 5.44. The van der Waals surface area contributed by atoms with E-state index in [0.717, 1.165) is 35.0 Å². The maximum atomic E-state index is 16.1. The largest absolute Gasteiger partial charge is 0.489 e. The van der Waals surface area contributed by atoms with Gasteiger partial charge in [0.1, 0.15) is 23.1 Å². The Kier molecular flexibility index (Phi) is 8.02. The molecule has 0 amide bonds. The van der Waals surface area contributed by atoms with E-state index in [2.05, 4.69) is 15.2 Å². The minimum atomic E-state index is -2.56. The number of ether oxygens (including phenoxy) is 1. The van der Waals surface area contributed by atoms with Crippen LogP contribution in [0.4, 0.5) is 13.2 Å². The van der Waals surface area contributed by atoms with E-state index in [0.29, 0.717) is 32.5 Å². The Balaban J connectivity index is 1.54. The number of halogens is 3. The highest BCUT2D eigenvalue weighted by atomic mass is 32.2. The van der Waals surface area contributed by atoms with Gasteiger partial charge in [-0.25, -0.2) is 17.2 Å². The molecule has 38 heavy (non-hydrogen) atoms. The fourth-order valence-corrected chi connectivity index (χ4v) is 6.69. The minimum Gasteiger partial charge on any atom is -0.489 e. The van der Waals surface area contributed by atoms with Gasteiger partial charge < -0.3 is 15.0 Å². The Labute approximate surface area is 222 Å². The van der Waals surface area contributed by atoms with Gasteiger partial charge in [0.2, 0.25) is 0 Å².